The maximum absolute atomic E-state index is 12.3. The highest BCUT2D eigenvalue weighted by atomic mass is 32.2. The fourth-order valence-electron chi connectivity index (χ4n) is 2.77. The second-order valence-corrected chi connectivity index (χ2v) is 7.71. The SMILES string of the molecule is CCS(=O)(=O)N1CCC(C(=O)N2CC(O)C(O)C2)CC1. The summed E-state index contributed by atoms with van der Waals surface area (Å²) in [6.07, 6.45) is -0.749. The van der Waals surface area contributed by atoms with Crippen molar-refractivity contribution < 1.29 is 23.4 Å². The van der Waals surface area contributed by atoms with Gasteiger partial charge < -0.3 is 15.1 Å². The van der Waals surface area contributed by atoms with Crippen LogP contribution in [0.3, 0.4) is 0 Å². The summed E-state index contributed by atoms with van der Waals surface area (Å²) in [4.78, 5) is 13.7. The lowest BCUT2D eigenvalue weighted by Crippen LogP contribution is -2.44. The monoisotopic (exact) mass is 306 g/mol. The van der Waals surface area contributed by atoms with E-state index in [9.17, 15) is 23.4 Å². The molecule has 0 saturated carbocycles. The van der Waals surface area contributed by atoms with Crippen LogP contribution >= 0.6 is 0 Å². The zero-order valence-corrected chi connectivity index (χ0v) is 12.4. The van der Waals surface area contributed by atoms with Crippen molar-refractivity contribution in [2.24, 2.45) is 5.92 Å². The molecule has 2 heterocycles. The van der Waals surface area contributed by atoms with Gasteiger partial charge in [-0.25, -0.2) is 12.7 Å². The van der Waals surface area contributed by atoms with Crippen molar-refractivity contribution in [1.29, 1.82) is 0 Å². The number of hydrogen-bond donors (Lipinski definition) is 2. The quantitative estimate of drug-likeness (QED) is 0.669. The van der Waals surface area contributed by atoms with Crippen molar-refractivity contribution in [3.05, 3.63) is 0 Å². The lowest BCUT2D eigenvalue weighted by atomic mass is 9.97. The summed E-state index contributed by atoms with van der Waals surface area (Å²) in [5, 5.41) is 18.9. The molecule has 2 aliphatic rings. The summed E-state index contributed by atoms with van der Waals surface area (Å²) in [7, 11) is -3.18. The van der Waals surface area contributed by atoms with Crippen molar-refractivity contribution in [3.8, 4) is 0 Å². The van der Waals surface area contributed by atoms with Crippen LogP contribution in [0.5, 0.6) is 0 Å². The number of likely N-dealkylation sites (tertiary alicyclic amines) is 1. The molecule has 2 saturated heterocycles. The molecule has 2 aliphatic heterocycles. The summed E-state index contributed by atoms with van der Waals surface area (Å²) >= 11 is 0. The van der Waals surface area contributed by atoms with E-state index in [2.05, 4.69) is 0 Å². The number of hydrogen-bond acceptors (Lipinski definition) is 5. The van der Waals surface area contributed by atoms with E-state index < -0.39 is 22.2 Å². The Kier molecular flexibility index (Phi) is 4.68. The van der Waals surface area contributed by atoms with Crippen LogP contribution in [0.25, 0.3) is 0 Å². The second-order valence-electron chi connectivity index (χ2n) is 5.45. The predicted molar refractivity (Wildman–Crippen MR) is 72.4 cm³/mol. The predicted octanol–water partition coefficient (Wildman–Crippen LogP) is -1.39. The first-order valence-electron chi connectivity index (χ1n) is 6.98. The van der Waals surface area contributed by atoms with E-state index in [1.165, 1.54) is 9.21 Å². The van der Waals surface area contributed by atoms with E-state index in [1.807, 2.05) is 0 Å². The second kappa shape index (κ2) is 5.97. The average molecular weight is 306 g/mol. The minimum absolute atomic E-state index is 0.0795. The first-order chi connectivity index (χ1) is 9.35. The Morgan fingerprint density at radius 2 is 1.65 bits per heavy atom. The molecule has 2 N–H and O–H groups in total. The van der Waals surface area contributed by atoms with Crippen molar-refractivity contribution in [3.63, 3.8) is 0 Å². The van der Waals surface area contributed by atoms with Crippen LogP contribution in [0.2, 0.25) is 0 Å². The molecule has 2 unspecified atom stereocenters. The highest BCUT2D eigenvalue weighted by Crippen LogP contribution is 2.23. The number of aliphatic hydroxyl groups excluding tert-OH is 2. The van der Waals surface area contributed by atoms with Gasteiger partial charge in [0, 0.05) is 32.1 Å². The van der Waals surface area contributed by atoms with Crippen molar-refractivity contribution >= 4 is 15.9 Å². The molecule has 2 rings (SSSR count). The Morgan fingerprint density at radius 1 is 1.15 bits per heavy atom. The first kappa shape index (κ1) is 15.7. The number of β-amino-alcohol motifs (C(OH)–C–C–N with tert-alkyl or cyclic N) is 2. The van der Waals surface area contributed by atoms with Crippen LogP contribution in [0, 0.1) is 5.92 Å². The summed E-state index contributed by atoms with van der Waals surface area (Å²) in [5.41, 5.74) is 0. The maximum Gasteiger partial charge on any atom is 0.225 e. The van der Waals surface area contributed by atoms with Crippen LogP contribution < -0.4 is 0 Å². The molecule has 20 heavy (non-hydrogen) atoms. The molecule has 0 aromatic carbocycles. The molecule has 116 valence electrons. The van der Waals surface area contributed by atoms with Crippen molar-refractivity contribution in [1.82, 2.24) is 9.21 Å². The number of nitrogens with zero attached hydrogens (tertiary/aromatic N) is 2. The number of piperidine rings is 1. The van der Waals surface area contributed by atoms with Gasteiger partial charge >= 0.3 is 0 Å². The zero-order chi connectivity index (χ0) is 14.9. The smallest absolute Gasteiger partial charge is 0.225 e. The Labute approximate surface area is 119 Å². The van der Waals surface area contributed by atoms with Gasteiger partial charge in [-0.2, -0.15) is 0 Å². The van der Waals surface area contributed by atoms with Crippen LogP contribution in [-0.2, 0) is 14.8 Å². The molecule has 0 aromatic heterocycles. The summed E-state index contributed by atoms with van der Waals surface area (Å²) in [6.45, 7) is 2.66. The van der Waals surface area contributed by atoms with Crippen LogP contribution in [0.15, 0.2) is 0 Å². The first-order valence-corrected chi connectivity index (χ1v) is 8.58. The molecular weight excluding hydrogens is 284 g/mol. The van der Waals surface area contributed by atoms with Gasteiger partial charge in [-0.3, -0.25) is 4.79 Å². The van der Waals surface area contributed by atoms with E-state index in [1.54, 1.807) is 6.92 Å². The van der Waals surface area contributed by atoms with E-state index in [4.69, 9.17) is 0 Å². The normalized spacial score (nSPS) is 29.9. The number of carbonyl (C=O) groups is 1. The highest BCUT2D eigenvalue weighted by Gasteiger charge is 2.37. The Bertz CT molecular complexity index is 448. The number of rotatable bonds is 3. The van der Waals surface area contributed by atoms with Crippen LogP contribution in [0.4, 0.5) is 0 Å². The number of amides is 1. The van der Waals surface area contributed by atoms with E-state index in [0.29, 0.717) is 25.9 Å². The molecule has 0 radical (unpaired) electrons. The van der Waals surface area contributed by atoms with Gasteiger partial charge in [0.1, 0.15) is 0 Å². The molecule has 0 aromatic rings. The lowest BCUT2D eigenvalue weighted by Gasteiger charge is -2.32. The fourth-order valence-corrected chi connectivity index (χ4v) is 3.90. The molecule has 8 heteroatoms. The maximum atomic E-state index is 12.3. The molecule has 2 atom stereocenters. The molecule has 0 aliphatic carbocycles. The Morgan fingerprint density at radius 3 is 2.10 bits per heavy atom. The lowest BCUT2D eigenvalue weighted by molar-refractivity contribution is -0.136. The zero-order valence-electron chi connectivity index (χ0n) is 11.6. The third-order valence-electron chi connectivity index (χ3n) is 4.13. The standard InChI is InChI=1S/C12H22N2O5S/c1-2-20(18,19)14-5-3-9(4-6-14)12(17)13-7-10(15)11(16)8-13/h9-11,15-16H,2-8H2,1H3. The molecule has 0 bridgehead atoms. The Hall–Kier alpha value is -0.700. The molecule has 7 nitrogen and oxygen atoms in total. The van der Waals surface area contributed by atoms with Crippen molar-refractivity contribution in [2.75, 3.05) is 31.9 Å². The van der Waals surface area contributed by atoms with Gasteiger partial charge in [0.25, 0.3) is 0 Å². The minimum atomic E-state index is -3.18. The van der Waals surface area contributed by atoms with Gasteiger partial charge in [-0.1, -0.05) is 0 Å². The average Bonchev–Trinajstić information content (AvgIpc) is 2.78. The topological polar surface area (TPSA) is 98.2 Å². The summed E-state index contributed by atoms with van der Waals surface area (Å²) in [6, 6.07) is 0. The molecule has 0 spiro atoms. The number of sulfonamides is 1. The highest BCUT2D eigenvalue weighted by molar-refractivity contribution is 7.89. The van der Waals surface area contributed by atoms with E-state index >= 15 is 0 Å². The molecule has 2 fully saturated rings. The fraction of sp³-hybridized carbons (Fsp3) is 0.917. The minimum Gasteiger partial charge on any atom is -0.388 e. The largest absolute Gasteiger partial charge is 0.388 e. The van der Waals surface area contributed by atoms with Gasteiger partial charge in [0.05, 0.1) is 18.0 Å². The Balaban J connectivity index is 1.90. The van der Waals surface area contributed by atoms with Crippen LogP contribution in [-0.4, -0.2) is 77.9 Å². The van der Waals surface area contributed by atoms with E-state index in [0.717, 1.165) is 0 Å². The third kappa shape index (κ3) is 3.13. The van der Waals surface area contributed by atoms with Gasteiger partial charge in [-0.05, 0) is 19.8 Å². The van der Waals surface area contributed by atoms with Gasteiger partial charge in [0.15, 0.2) is 0 Å². The molecule has 1 amide bonds. The summed E-state index contributed by atoms with van der Waals surface area (Å²) < 4.78 is 24.9. The third-order valence-corrected chi connectivity index (χ3v) is 6.01. The number of aliphatic hydroxyl groups is 2. The molecular formula is C12H22N2O5S. The van der Waals surface area contributed by atoms with E-state index in [-0.39, 0.29) is 30.7 Å². The van der Waals surface area contributed by atoms with Crippen LogP contribution in [0.1, 0.15) is 19.8 Å². The van der Waals surface area contributed by atoms with Gasteiger partial charge in [0.2, 0.25) is 15.9 Å². The number of carbonyl (C=O) groups excluding carboxylic acids is 1. The van der Waals surface area contributed by atoms with Gasteiger partial charge in [-0.15, -0.1) is 0 Å². The summed E-state index contributed by atoms with van der Waals surface area (Å²) in [5.74, 6) is -0.221. The van der Waals surface area contributed by atoms with Crippen molar-refractivity contribution in [2.45, 2.75) is 32.0 Å².